The Bertz CT molecular complexity index is 648. The molecule has 0 aliphatic heterocycles. The highest BCUT2D eigenvalue weighted by atomic mass is 16.2. The van der Waals surface area contributed by atoms with E-state index in [-0.39, 0.29) is 11.5 Å². The van der Waals surface area contributed by atoms with E-state index in [2.05, 4.69) is 10.3 Å². The first-order valence-electron chi connectivity index (χ1n) is 6.38. The summed E-state index contributed by atoms with van der Waals surface area (Å²) in [5.74, 6) is -0.146. The summed E-state index contributed by atoms with van der Waals surface area (Å²) in [6.45, 7) is 4.32. The van der Waals surface area contributed by atoms with Crippen molar-refractivity contribution in [1.82, 2.24) is 14.9 Å². The van der Waals surface area contributed by atoms with Gasteiger partial charge in [-0.2, -0.15) is 0 Å². The van der Waals surface area contributed by atoms with Crippen molar-refractivity contribution in [1.29, 1.82) is 0 Å². The van der Waals surface area contributed by atoms with Crippen LogP contribution in [0.25, 0.3) is 10.9 Å². The Morgan fingerprint density at radius 3 is 3.00 bits per heavy atom. The highest BCUT2D eigenvalue weighted by Crippen LogP contribution is 2.08. The molecule has 0 saturated heterocycles. The van der Waals surface area contributed by atoms with Gasteiger partial charge in [0.05, 0.1) is 10.9 Å². The molecule has 0 spiro atoms. The fourth-order valence-corrected chi connectivity index (χ4v) is 1.92. The van der Waals surface area contributed by atoms with E-state index in [1.165, 1.54) is 4.57 Å². The predicted molar refractivity (Wildman–Crippen MR) is 74.0 cm³/mol. The van der Waals surface area contributed by atoms with Gasteiger partial charge in [-0.1, -0.05) is 6.92 Å². The van der Waals surface area contributed by atoms with Gasteiger partial charge < -0.3 is 9.88 Å². The fourth-order valence-electron chi connectivity index (χ4n) is 1.92. The molecule has 0 aliphatic carbocycles. The van der Waals surface area contributed by atoms with Crippen LogP contribution in [0.15, 0.2) is 35.4 Å². The molecule has 0 radical (unpaired) electrons. The van der Waals surface area contributed by atoms with E-state index in [0.717, 1.165) is 6.42 Å². The molecule has 2 rings (SSSR count). The second-order valence-electron chi connectivity index (χ2n) is 4.43. The number of aromatic nitrogens is 2. The molecule has 1 amide bonds. The second kappa shape index (κ2) is 5.65. The van der Waals surface area contributed by atoms with Crippen LogP contribution in [-0.2, 0) is 4.79 Å². The Hall–Kier alpha value is -2.17. The lowest BCUT2D eigenvalue weighted by Gasteiger charge is -2.15. The van der Waals surface area contributed by atoms with Gasteiger partial charge in [-0.3, -0.25) is 14.6 Å². The van der Waals surface area contributed by atoms with E-state index in [0.29, 0.717) is 17.4 Å². The number of carbonyl (C=O) groups excluding carboxylic acids is 1. The van der Waals surface area contributed by atoms with Gasteiger partial charge in [-0.05, 0) is 31.5 Å². The standard InChI is InChI=1S/C14H17N3O2/c1-3-7-16-13(18)10(2)17-9-6-12-11(14(17)19)5-4-8-15-12/h4-6,8-10H,3,7H2,1-2H3,(H,16,18). The Labute approximate surface area is 111 Å². The summed E-state index contributed by atoms with van der Waals surface area (Å²) in [4.78, 5) is 28.3. The lowest BCUT2D eigenvalue weighted by Crippen LogP contribution is -2.35. The minimum absolute atomic E-state index is 0.146. The van der Waals surface area contributed by atoms with Gasteiger partial charge >= 0.3 is 0 Å². The summed E-state index contributed by atoms with van der Waals surface area (Å²) in [7, 11) is 0. The lowest BCUT2D eigenvalue weighted by molar-refractivity contribution is -0.123. The molecule has 5 heteroatoms. The van der Waals surface area contributed by atoms with Gasteiger partial charge in [0.1, 0.15) is 6.04 Å². The van der Waals surface area contributed by atoms with Gasteiger partial charge in [0.25, 0.3) is 5.56 Å². The Kier molecular flexibility index (Phi) is 3.94. The third-order valence-electron chi connectivity index (χ3n) is 3.04. The SMILES string of the molecule is CCCNC(=O)C(C)n1ccc2ncccc2c1=O. The molecule has 100 valence electrons. The third kappa shape index (κ3) is 2.65. The van der Waals surface area contributed by atoms with E-state index in [1.807, 2.05) is 6.92 Å². The minimum atomic E-state index is -0.524. The van der Waals surface area contributed by atoms with Crippen LogP contribution in [0.5, 0.6) is 0 Å². The zero-order chi connectivity index (χ0) is 13.8. The molecule has 2 heterocycles. The summed E-state index contributed by atoms with van der Waals surface area (Å²) in [6, 6.07) is 4.66. The first-order valence-corrected chi connectivity index (χ1v) is 6.38. The average Bonchev–Trinajstić information content (AvgIpc) is 2.44. The predicted octanol–water partition coefficient (Wildman–Crippen LogP) is 1.48. The summed E-state index contributed by atoms with van der Waals surface area (Å²) in [5.41, 5.74) is 0.453. The van der Waals surface area contributed by atoms with Gasteiger partial charge in [-0.15, -0.1) is 0 Å². The molecule has 5 nitrogen and oxygen atoms in total. The Morgan fingerprint density at radius 2 is 2.26 bits per heavy atom. The maximum atomic E-state index is 12.3. The molecule has 19 heavy (non-hydrogen) atoms. The van der Waals surface area contributed by atoms with Crippen LogP contribution in [0.4, 0.5) is 0 Å². The largest absolute Gasteiger partial charge is 0.354 e. The molecule has 0 aromatic carbocycles. The van der Waals surface area contributed by atoms with E-state index < -0.39 is 6.04 Å². The first-order chi connectivity index (χ1) is 9.15. The summed E-state index contributed by atoms with van der Waals surface area (Å²) >= 11 is 0. The van der Waals surface area contributed by atoms with Crippen LogP contribution in [0.1, 0.15) is 26.3 Å². The number of amides is 1. The van der Waals surface area contributed by atoms with Crippen LogP contribution in [0.2, 0.25) is 0 Å². The van der Waals surface area contributed by atoms with E-state index in [1.54, 1.807) is 37.5 Å². The first kappa shape index (κ1) is 13.3. The van der Waals surface area contributed by atoms with Gasteiger partial charge in [0.2, 0.25) is 5.91 Å². The van der Waals surface area contributed by atoms with Crippen molar-refractivity contribution in [3.63, 3.8) is 0 Å². The molecule has 0 saturated carbocycles. The van der Waals surface area contributed by atoms with Crippen LogP contribution in [0.3, 0.4) is 0 Å². The summed E-state index contributed by atoms with van der Waals surface area (Å²) in [6.07, 6.45) is 4.13. The van der Waals surface area contributed by atoms with Crippen LogP contribution < -0.4 is 10.9 Å². The molecule has 0 bridgehead atoms. The van der Waals surface area contributed by atoms with E-state index in [4.69, 9.17) is 0 Å². The van der Waals surface area contributed by atoms with Gasteiger partial charge in [-0.25, -0.2) is 0 Å². The number of fused-ring (bicyclic) bond motifs is 1. The molecule has 2 aromatic heterocycles. The van der Waals surface area contributed by atoms with E-state index >= 15 is 0 Å². The highest BCUT2D eigenvalue weighted by molar-refractivity contribution is 5.81. The molecule has 1 atom stereocenters. The number of rotatable bonds is 4. The maximum Gasteiger partial charge on any atom is 0.260 e. The van der Waals surface area contributed by atoms with E-state index in [9.17, 15) is 9.59 Å². The number of hydrogen-bond donors (Lipinski definition) is 1. The van der Waals surface area contributed by atoms with Crippen molar-refractivity contribution in [2.24, 2.45) is 0 Å². The van der Waals surface area contributed by atoms with Crippen LogP contribution in [-0.4, -0.2) is 22.0 Å². The van der Waals surface area contributed by atoms with Crippen LogP contribution >= 0.6 is 0 Å². The van der Waals surface area contributed by atoms with Crippen LogP contribution in [0, 0.1) is 0 Å². The van der Waals surface area contributed by atoms with Crippen molar-refractivity contribution in [2.75, 3.05) is 6.54 Å². The molecular weight excluding hydrogens is 242 g/mol. The monoisotopic (exact) mass is 259 g/mol. The van der Waals surface area contributed by atoms with Crippen molar-refractivity contribution in [2.45, 2.75) is 26.3 Å². The summed E-state index contributed by atoms with van der Waals surface area (Å²) < 4.78 is 1.44. The number of nitrogens with zero attached hydrogens (tertiary/aromatic N) is 2. The zero-order valence-electron chi connectivity index (χ0n) is 11.1. The molecule has 2 aromatic rings. The maximum absolute atomic E-state index is 12.3. The highest BCUT2D eigenvalue weighted by Gasteiger charge is 2.16. The fraction of sp³-hybridized carbons (Fsp3) is 0.357. The van der Waals surface area contributed by atoms with Gasteiger partial charge in [0, 0.05) is 18.9 Å². The number of carbonyl (C=O) groups is 1. The third-order valence-corrected chi connectivity index (χ3v) is 3.04. The summed E-state index contributed by atoms with van der Waals surface area (Å²) in [5, 5.41) is 3.32. The lowest BCUT2D eigenvalue weighted by atomic mass is 10.2. The molecular formula is C14H17N3O2. The molecule has 1 N–H and O–H groups in total. The van der Waals surface area contributed by atoms with Crippen molar-refractivity contribution in [3.8, 4) is 0 Å². The molecule has 0 fully saturated rings. The van der Waals surface area contributed by atoms with Crippen molar-refractivity contribution in [3.05, 3.63) is 40.9 Å². The average molecular weight is 259 g/mol. The van der Waals surface area contributed by atoms with Gasteiger partial charge in [0.15, 0.2) is 0 Å². The smallest absolute Gasteiger partial charge is 0.260 e. The Balaban J connectivity index is 2.37. The second-order valence-corrected chi connectivity index (χ2v) is 4.43. The topological polar surface area (TPSA) is 64.0 Å². The number of hydrogen-bond acceptors (Lipinski definition) is 3. The number of pyridine rings is 2. The normalized spacial score (nSPS) is 12.3. The minimum Gasteiger partial charge on any atom is -0.354 e. The van der Waals surface area contributed by atoms with Crippen molar-refractivity contribution >= 4 is 16.8 Å². The van der Waals surface area contributed by atoms with Crippen molar-refractivity contribution < 1.29 is 4.79 Å². The zero-order valence-corrected chi connectivity index (χ0v) is 11.1. The Morgan fingerprint density at radius 1 is 1.47 bits per heavy atom. The quantitative estimate of drug-likeness (QED) is 0.904. The number of nitrogens with one attached hydrogen (secondary N) is 1. The molecule has 1 unspecified atom stereocenters. The molecule has 0 aliphatic rings.